The molecule has 1 rings (SSSR count). The van der Waals surface area contributed by atoms with E-state index in [1.807, 2.05) is 38.1 Å². The van der Waals surface area contributed by atoms with Gasteiger partial charge in [0.05, 0.1) is 6.26 Å². The van der Waals surface area contributed by atoms with E-state index in [1.54, 1.807) is 7.05 Å². The van der Waals surface area contributed by atoms with E-state index >= 15 is 0 Å². The lowest BCUT2D eigenvalue weighted by atomic mass is 10.1. The fourth-order valence-corrected chi connectivity index (χ4v) is 2.25. The number of hydrogen-bond acceptors (Lipinski definition) is 2. The highest BCUT2D eigenvalue weighted by Crippen LogP contribution is 2.11. The van der Waals surface area contributed by atoms with Gasteiger partial charge in [0.2, 0.25) is 10.0 Å². The Balaban J connectivity index is 2.71. The SMILES string of the molecule is Cc1ccc(CC(C)N(C)S(C)(=O)=O)cc1. The van der Waals surface area contributed by atoms with Crippen molar-refractivity contribution in [2.75, 3.05) is 13.3 Å². The van der Waals surface area contributed by atoms with Crippen LogP contribution >= 0.6 is 0 Å². The van der Waals surface area contributed by atoms with Gasteiger partial charge in [-0.1, -0.05) is 29.8 Å². The molecule has 1 unspecified atom stereocenters. The number of sulfonamides is 1. The summed E-state index contributed by atoms with van der Waals surface area (Å²) in [5, 5.41) is 0. The van der Waals surface area contributed by atoms with Crippen LogP contribution in [0.15, 0.2) is 24.3 Å². The Morgan fingerprint density at radius 1 is 1.25 bits per heavy atom. The zero-order valence-electron chi connectivity index (χ0n) is 10.3. The fraction of sp³-hybridized carbons (Fsp3) is 0.500. The fourth-order valence-electron chi connectivity index (χ4n) is 1.52. The molecule has 0 aromatic heterocycles. The first-order chi connectivity index (χ1) is 7.30. The van der Waals surface area contributed by atoms with E-state index in [-0.39, 0.29) is 6.04 Å². The number of benzene rings is 1. The Bertz CT molecular complexity index is 437. The number of hydrogen-bond donors (Lipinski definition) is 0. The Morgan fingerprint density at radius 3 is 2.19 bits per heavy atom. The van der Waals surface area contributed by atoms with Crippen molar-refractivity contribution < 1.29 is 8.42 Å². The van der Waals surface area contributed by atoms with Crippen LogP contribution in [0, 0.1) is 6.92 Å². The van der Waals surface area contributed by atoms with Crippen molar-refractivity contribution in [3.63, 3.8) is 0 Å². The van der Waals surface area contributed by atoms with Gasteiger partial charge in [0.1, 0.15) is 0 Å². The lowest BCUT2D eigenvalue weighted by Crippen LogP contribution is -2.35. The first kappa shape index (κ1) is 13.2. The molecule has 0 spiro atoms. The Labute approximate surface area is 98.1 Å². The summed E-state index contributed by atoms with van der Waals surface area (Å²) in [6.45, 7) is 3.96. The van der Waals surface area contributed by atoms with Gasteiger partial charge in [-0.3, -0.25) is 0 Å². The van der Waals surface area contributed by atoms with Gasteiger partial charge in [0, 0.05) is 13.1 Å². The van der Waals surface area contributed by atoms with Crippen molar-refractivity contribution in [2.24, 2.45) is 0 Å². The maximum absolute atomic E-state index is 11.3. The molecule has 1 atom stereocenters. The van der Waals surface area contributed by atoms with Crippen molar-refractivity contribution in [3.05, 3.63) is 35.4 Å². The highest BCUT2D eigenvalue weighted by atomic mass is 32.2. The van der Waals surface area contributed by atoms with Crippen LogP contribution in [0.4, 0.5) is 0 Å². The van der Waals surface area contributed by atoms with Crippen LogP contribution in [0.5, 0.6) is 0 Å². The Morgan fingerprint density at radius 2 is 1.75 bits per heavy atom. The van der Waals surface area contributed by atoms with Gasteiger partial charge in [-0.15, -0.1) is 0 Å². The second kappa shape index (κ2) is 4.97. The third-order valence-electron chi connectivity index (χ3n) is 2.80. The zero-order valence-corrected chi connectivity index (χ0v) is 11.1. The van der Waals surface area contributed by atoms with Crippen molar-refractivity contribution in [1.29, 1.82) is 0 Å². The minimum absolute atomic E-state index is 0.0160. The summed E-state index contributed by atoms with van der Waals surface area (Å²) in [4.78, 5) is 0. The molecule has 0 aliphatic heterocycles. The second-order valence-corrected chi connectivity index (χ2v) is 6.36. The topological polar surface area (TPSA) is 37.4 Å². The molecule has 0 fully saturated rings. The predicted octanol–water partition coefficient (Wildman–Crippen LogP) is 1.82. The number of likely N-dealkylation sites (N-methyl/N-ethyl adjacent to an activating group) is 1. The molecular weight excluding hydrogens is 222 g/mol. The summed E-state index contributed by atoms with van der Waals surface area (Å²) in [5.41, 5.74) is 2.38. The average molecular weight is 241 g/mol. The van der Waals surface area contributed by atoms with E-state index in [1.165, 1.54) is 16.1 Å². The minimum atomic E-state index is -3.10. The maximum Gasteiger partial charge on any atom is 0.211 e. The highest BCUT2D eigenvalue weighted by Gasteiger charge is 2.18. The lowest BCUT2D eigenvalue weighted by molar-refractivity contribution is 0.390. The lowest BCUT2D eigenvalue weighted by Gasteiger charge is -2.22. The van der Waals surface area contributed by atoms with E-state index in [2.05, 4.69) is 0 Å². The molecule has 3 nitrogen and oxygen atoms in total. The number of rotatable bonds is 4. The van der Waals surface area contributed by atoms with Crippen molar-refractivity contribution >= 4 is 10.0 Å². The molecule has 1 aromatic carbocycles. The second-order valence-electron chi connectivity index (χ2n) is 4.32. The summed E-state index contributed by atoms with van der Waals surface area (Å²) in [7, 11) is -1.48. The van der Waals surface area contributed by atoms with Gasteiger partial charge in [0.15, 0.2) is 0 Å². The van der Waals surface area contributed by atoms with Crippen molar-refractivity contribution in [3.8, 4) is 0 Å². The molecule has 0 radical (unpaired) electrons. The van der Waals surface area contributed by atoms with Gasteiger partial charge in [-0.2, -0.15) is 0 Å². The van der Waals surface area contributed by atoms with Crippen molar-refractivity contribution in [1.82, 2.24) is 4.31 Å². The molecule has 16 heavy (non-hydrogen) atoms. The van der Waals surface area contributed by atoms with Gasteiger partial charge in [-0.25, -0.2) is 12.7 Å². The predicted molar refractivity (Wildman–Crippen MR) is 67.0 cm³/mol. The smallest absolute Gasteiger partial charge is 0.211 e. The standard InChI is InChI=1S/C12H19NO2S/c1-10-5-7-12(8-6-10)9-11(2)13(3)16(4,14)15/h5-8,11H,9H2,1-4H3. The van der Waals surface area contributed by atoms with E-state index < -0.39 is 10.0 Å². The molecule has 0 amide bonds. The molecule has 0 saturated heterocycles. The first-order valence-electron chi connectivity index (χ1n) is 5.29. The van der Waals surface area contributed by atoms with Gasteiger partial charge < -0.3 is 0 Å². The molecule has 0 aliphatic rings. The maximum atomic E-state index is 11.3. The summed E-state index contributed by atoms with van der Waals surface area (Å²) in [5.74, 6) is 0. The Kier molecular flexibility index (Phi) is 4.10. The van der Waals surface area contributed by atoms with E-state index in [0.717, 1.165) is 12.0 Å². The van der Waals surface area contributed by atoms with Gasteiger partial charge in [0.25, 0.3) is 0 Å². The largest absolute Gasteiger partial charge is 0.213 e. The number of aryl methyl sites for hydroxylation is 1. The molecule has 1 aromatic rings. The third kappa shape index (κ3) is 3.61. The van der Waals surface area contributed by atoms with E-state index in [9.17, 15) is 8.42 Å². The van der Waals surface area contributed by atoms with E-state index in [4.69, 9.17) is 0 Å². The highest BCUT2D eigenvalue weighted by molar-refractivity contribution is 7.88. The minimum Gasteiger partial charge on any atom is -0.213 e. The average Bonchev–Trinajstić information content (AvgIpc) is 2.19. The Hall–Kier alpha value is -0.870. The van der Waals surface area contributed by atoms with Gasteiger partial charge in [-0.05, 0) is 25.8 Å². The molecule has 0 N–H and O–H groups in total. The number of nitrogens with zero attached hydrogens (tertiary/aromatic N) is 1. The van der Waals surface area contributed by atoms with Crippen molar-refractivity contribution in [2.45, 2.75) is 26.3 Å². The third-order valence-corrected chi connectivity index (χ3v) is 4.20. The van der Waals surface area contributed by atoms with Crippen LogP contribution in [-0.2, 0) is 16.4 Å². The van der Waals surface area contributed by atoms with Crippen LogP contribution in [0.1, 0.15) is 18.1 Å². The van der Waals surface area contributed by atoms with Crippen LogP contribution in [0.2, 0.25) is 0 Å². The quantitative estimate of drug-likeness (QED) is 0.806. The van der Waals surface area contributed by atoms with Crippen LogP contribution in [-0.4, -0.2) is 32.1 Å². The first-order valence-corrected chi connectivity index (χ1v) is 7.14. The molecule has 4 heteroatoms. The zero-order chi connectivity index (χ0) is 12.3. The summed E-state index contributed by atoms with van der Waals surface area (Å²) >= 11 is 0. The summed E-state index contributed by atoms with van der Waals surface area (Å²) in [6.07, 6.45) is 1.97. The van der Waals surface area contributed by atoms with Crippen LogP contribution < -0.4 is 0 Å². The summed E-state index contributed by atoms with van der Waals surface area (Å²) in [6, 6.07) is 8.16. The molecule has 0 bridgehead atoms. The van der Waals surface area contributed by atoms with E-state index in [0.29, 0.717) is 0 Å². The monoisotopic (exact) mass is 241 g/mol. The summed E-state index contributed by atoms with van der Waals surface area (Å²) < 4.78 is 24.1. The molecule has 0 aliphatic carbocycles. The van der Waals surface area contributed by atoms with Gasteiger partial charge >= 0.3 is 0 Å². The molecule has 0 heterocycles. The normalized spacial score (nSPS) is 14.1. The molecule has 90 valence electrons. The van der Waals surface area contributed by atoms with Crippen LogP contribution in [0.3, 0.4) is 0 Å². The molecule has 0 saturated carbocycles. The van der Waals surface area contributed by atoms with Crippen LogP contribution in [0.25, 0.3) is 0 Å². The molecular formula is C12H19NO2S.